The Labute approximate surface area is 130 Å². The molecule has 0 aromatic heterocycles. The fourth-order valence-electron chi connectivity index (χ4n) is 5.31. The van der Waals surface area contributed by atoms with E-state index in [1.165, 1.54) is 19.3 Å². The van der Waals surface area contributed by atoms with Gasteiger partial charge in [0, 0.05) is 0 Å². The number of benzene rings is 1. The second kappa shape index (κ2) is 4.64. The summed E-state index contributed by atoms with van der Waals surface area (Å²) in [4.78, 5) is 12.9. The molecule has 4 bridgehead atoms. The molecule has 0 atom stereocenters. The Morgan fingerprint density at radius 3 is 2.24 bits per heavy atom. The zero-order chi connectivity index (χ0) is 14.6. The van der Waals surface area contributed by atoms with Gasteiger partial charge in [-0.3, -0.25) is 4.79 Å². The highest BCUT2D eigenvalue weighted by atomic mass is 35.5. The Bertz CT molecular complexity index is 543. The first-order valence-electron chi connectivity index (χ1n) is 7.91. The Morgan fingerprint density at radius 2 is 1.71 bits per heavy atom. The summed E-state index contributed by atoms with van der Waals surface area (Å²) < 4.78 is 0. The second-order valence-corrected chi connectivity index (χ2v) is 7.76. The molecule has 3 nitrogen and oxygen atoms in total. The predicted octanol–water partition coefficient (Wildman–Crippen LogP) is 4.08. The summed E-state index contributed by atoms with van der Waals surface area (Å²) in [6.45, 7) is 0. The minimum atomic E-state index is -0.166. The number of carbonyl (C=O) groups is 1. The van der Waals surface area contributed by atoms with Crippen molar-refractivity contribution in [1.29, 1.82) is 0 Å². The predicted molar refractivity (Wildman–Crippen MR) is 85.1 cm³/mol. The number of hydrogen-bond donors (Lipinski definition) is 2. The van der Waals surface area contributed by atoms with Gasteiger partial charge >= 0.3 is 0 Å². The maximum atomic E-state index is 12.9. The van der Waals surface area contributed by atoms with Gasteiger partial charge in [-0.25, -0.2) is 0 Å². The SMILES string of the molecule is Nc1cccc(Cl)c1NC(=O)C12CC3CC(CC(C3)C1)C2. The summed E-state index contributed by atoms with van der Waals surface area (Å²) in [5.41, 5.74) is 6.92. The van der Waals surface area contributed by atoms with Gasteiger partial charge in [-0.2, -0.15) is 0 Å². The van der Waals surface area contributed by atoms with Crippen LogP contribution in [0.2, 0.25) is 5.02 Å². The van der Waals surface area contributed by atoms with E-state index in [1.807, 2.05) is 0 Å². The second-order valence-electron chi connectivity index (χ2n) is 7.36. The average Bonchev–Trinajstić information content (AvgIpc) is 2.41. The van der Waals surface area contributed by atoms with Crippen LogP contribution in [0.5, 0.6) is 0 Å². The van der Waals surface area contributed by atoms with E-state index in [-0.39, 0.29) is 11.3 Å². The fourth-order valence-corrected chi connectivity index (χ4v) is 5.54. The van der Waals surface area contributed by atoms with Gasteiger partial charge < -0.3 is 11.1 Å². The summed E-state index contributed by atoms with van der Waals surface area (Å²) in [5.74, 6) is 2.41. The van der Waals surface area contributed by atoms with Gasteiger partial charge in [-0.15, -0.1) is 0 Å². The number of nitrogen functional groups attached to an aromatic ring is 1. The normalized spacial score (nSPS) is 36.7. The van der Waals surface area contributed by atoms with Crippen LogP contribution < -0.4 is 11.1 Å². The zero-order valence-corrected chi connectivity index (χ0v) is 12.8. The molecule has 1 aromatic carbocycles. The van der Waals surface area contributed by atoms with E-state index in [4.69, 9.17) is 17.3 Å². The molecule has 0 radical (unpaired) electrons. The van der Waals surface area contributed by atoms with Crippen molar-refractivity contribution in [2.75, 3.05) is 11.1 Å². The molecule has 0 aliphatic heterocycles. The number of carbonyl (C=O) groups excluding carboxylic acids is 1. The lowest BCUT2D eigenvalue weighted by Crippen LogP contribution is -2.51. The lowest BCUT2D eigenvalue weighted by atomic mass is 9.49. The molecule has 1 aromatic rings. The smallest absolute Gasteiger partial charge is 0.230 e. The third-order valence-electron chi connectivity index (χ3n) is 5.80. The highest BCUT2D eigenvalue weighted by Gasteiger charge is 2.54. The molecule has 3 N–H and O–H groups in total. The number of hydrogen-bond acceptors (Lipinski definition) is 2. The van der Waals surface area contributed by atoms with Crippen molar-refractivity contribution >= 4 is 28.9 Å². The molecule has 5 rings (SSSR count). The van der Waals surface area contributed by atoms with Crippen LogP contribution in [-0.2, 0) is 4.79 Å². The lowest BCUT2D eigenvalue weighted by molar-refractivity contribution is -0.140. The van der Waals surface area contributed by atoms with E-state index in [2.05, 4.69) is 5.32 Å². The van der Waals surface area contributed by atoms with Crippen LogP contribution in [0.3, 0.4) is 0 Å². The monoisotopic (exact) mass is 304 g/mol. The van der Waals surface area contributed by atoms with Crippen molar-refractivity contribution in [3.63, 3.8) is 0 Å². The Kier molecular flexibility index (Phi) is 2.97. The van der Waals surface area contributed by atoms with Gasteiger partial charge in [0.2, 0.25) is 5.91 Å². The molecule has 0 spiro atoms. The van der Waals surface area contributed by atoms with E-state index >= 15 is 0 Å². The topological polar surface area (TPSA) is 55.1 Å². The van der Waals surface area contributed by atoms with Crippen molar-refractivity contribution < 1.29 is 4.79 Å². The van der Waals surface area contributed by atoms with Crippen molar-refractivity contribution in [3.05, 3.63) is 23.2 Å². The van der Waals surface area contributed by atoms with E-state index in [1.54, 1.807) is 18.2 Å². The third-order valence-corrected chi connectivity index (χ3v) is 6.12. The summed E-state index contributed by atoms with van der Waals surface area (Å²) >= 11 is 6.19. The van der Waals surface area contributed by atoms with E-state index in [9.17, 15) is 4.79 Å². The molecule has 4 saturated carbocycles. The molecule has 4 aliphatic rings. The standard InChI is InChI=1S/C17H21ClN2O/c18-13-2-1-3-14(19)15(13)20-16(21)17-7-10-4-11(8-17)6-12(5-10)9-17/h1-3,10-12H,4-9,19H2,(H,20,21). The van der Waals surface area contributed by atoms with Crippen molar-refractivity contribution in [3.8, 4) is 0 Å². The molecular weight excluding hydrogens is 284 g/mol. The molecule has 4 heteroatoms. The third kappa shape index (κ3) is 2.13. The molecule has 0 heterocycles. The molecule has 1 amide bonds. The number of halogens is 1. The van der Waals surface area contributed by atoms with Crippen LogP contribution in [0.25, 0.3) is 0 Å². The van der Waals surface area contributed by atoms with Gasteiger partial charge in [0.15, 0.2) is 0 Å². The van der Waals surface area contributed by atoms with E-state index in [0.717, 1.165) is 37.0 Å². The van der Waals surface area contributed by atoms with Gasteiger partial charge in [0.1, 0.15) is 0 Å². The number of rotatable bonds is 2. The van der Waals surface area contributed by atoms with Crippen LogP contribution in [-0.4, -0.2) is 5.91 Å². The first-order valence-corrected chi connectivity index (χ1v) is 8.29. The zero-order valence-electron chi connectivity index (χ0n) is 12.1. The highest BCUT2D eigenvalue weighted by Crippen LogP contribution is 2.60. The largest absolute Gasteiger partial charge is 0.397 e. The lowest BCUT2D eigenvalue weighted by Gasteiger charge is -2.55. The minimum Gasteiger partial charge on any atom is -0.397 e. The quantitative estimate of drug-likeness (QED) is 0.809. The van der Waals surface area contributed by atoms with Crippen molar-refractivity contribution in [2.45, 2.75) is 38.5 Å². The van der Waals surface area contributed by atoms with Gasteiger partial charge in [0.25, 0.3) is 0 Å². The summed E-state index contributed by atoms with van der Waals surface area (Å²) in [7, 11) is 0. The van der Waals surface area contributed by atoms with Gasteiger partial charge in [0.05, 0.1) is 21.8 Å². The minimum absolute atomic E-state index is 0.140. The summed E-state index contributed by atoms with van der Waals surface area (Å²) in [5, 5.41) is 3.56. The van der Waals surface area contributed by atoms with Crippen LogP contribution in [0.15, 0.2) is 18.2 Å². The van der Waals surface area contributed by atoms with Gasteiger partial charge in [-0.1, -0.05) is 17.7 Å². The number of amides is 1. The van der Waals surface area contributed by atoms with Crippen LogP contribution >= 0.6 is 11.6 Å². The Morgan fingerprint density at radius 1 is 1.14 bits per heavy atom. The molecule has 4 aliphatic carbocycles. The highest BCUT2D eigenvalue weighted by molar-refractivity contribution is 6.34. The molecule has 0 saturated heterocycles. The first-order chi connectivity index (χ1) is 10.1. The Balaban J connectivity index is 1.60. The van der Waals surface area contributed by atoms with Crippen LogP contribution in [0.1, 0.15) is 38.5 Å². The van der Waals surface area contributed by atoms with Crippen LogP contribution in [0.4, 0.5) is 11.4 Å². The Hall–Kier alpha value is -1.22. The number of nitrogens with one attached hydrogen (secondary N) is 1. The number of nitrogens with two attached hydrogens (primary N) is 1. The summed E-state index contributed by atoms with van der Waals surface area (Å²) in [6, 6.07) is 5.35. The van der Waals surface area contributed by atoms with Gasteiger partial charge in [-0.05, 0) is 68.4 Å². The molecule has 0 unspecified atom stereocenters. The van der Waals surface area contributed by atoms with E-state index in [0.29, 0.717) is 16.4 Å². The molecule has 21 heavy (non-hydrogen) atoms. The maximum Gasteiger partial charge on any atom is 0.230 e. The number of anilines is 2. The number of para-hydroxylation sites is 1. The van der Waals surface area contributed by atoms with Crippen LogP contribution in [0, 0.1) is 23.2 Å². The maximum absolute atomic E-state index is 12.9. The molecule has 112 valence electrons. The average molecular weight is 305 g/mol. The molecule has 4 fully saturated rings. The first kappa shape index (κ1) is 13.4. The van der Waals surface area contributed by atoms with E-state index < -0.39 is 0 Å². The van der Waals surface area contributed by atoms with Crippen molar-refractivity contribution in [1.82, 2.24) is 0 Å². The molecular formula is C17H21ClN2O. The van der Waals surface area contributed by atoms with Crippen molar-refractivity contribution in [2.24, 2.45) is 23.2 Å². The fraction of sp³-hybridized carbons (Fsp3) is 0.588. The summed E-state index contributed by atoms with van der Waals surface area (Å²) in [6.07, 6.45) is 7.15.